The second kappa shape index (κ2) is 18.3. The average Bonchev–Trinajstić information content (AvgIpc) is 2.98. The van der Waals surface area contributed by atoms with Crippen molar-refractivity contribution in [2.75, 3.05) is 46.6 Å². The molecular weight excluding hydrogens is 578 g/mol. The molecule has 0 saturated carbocycles. The van der Waals surface area contributed by atoms with Crippen molar-refractivity contribution in [1.29, 1.82) is 0 Å². The van der Waals surface area contributed by atoms with Gasteiger partial charge in [0.1, 0.15) is 11.4 Å². The summed E-state index contributed by atoms with van der Waals surface area (Å²) in [6.45, 7) is 15.7. The van der Waals surface area contributed by atoms with Gasteiger partial charge in [0.05, 0.1) is 24.3 Å². The van der Waals surface area contributed by atoms with Crippen LogP contribution in [0, 0.1) is 23.2 Å². The number of hydrogen-bond acceptors (Lipinski definition) is 8. The molecule has 1 fully saturated rings. The Morgan fingerprint density at radius 2 is 1.67 bits per heavy atom. The highest BCUT2D eigenvalue weighted by Crippen LogP contribution is 2.34. The number of hydrogen-bond donors (Lipinski definition) is 4. The van der Waals surface area contributed by atoms with E-state index in [4.69, 9.17) is 18.9 Å². The Labute approximate surface area is 269 Å². The first kappa shape index (κ1) is 38.3. The van der Waals surface area contributed by atoms with Crippen molar-refractivity contribution in [1.82, 2.24) is 16.0 Å². The molecule has 1 aromatic rings. The molecule has 3 atom stereocenters. The molecule has 0 bridgehead atoms. The minimum atomic E-state index is -1.09. The van der Waals surface area contributed by atoms with Crippen LogP contribution < -0.4 is 20.7 Å². The van der Waals surface area contributed by atoms with Gasteiger partial charge >= 0.3 is 6.09 Å². The zero-order valence-electron chi connectivity index (χ0n) is 28.6. The number of aliphatic hydroxyl groups excluding tert-OH is 1. The van der Waals surface area contributed by atoms with E-state index >= 15 is 0 Å². The number of carbonyl (C=O) groups excluding carboxylic acids is 3. The van der Waals surface area contributed by atoms with E-state index in [1.165, 1.54) is 0 Å². The number of amides is 3. The van der Waals surface area contributed by atoms with E-state index in [2.05, 4.69) is 16.0 Å². The lowest BCUT2D eigenvalue weighted by atomic mass is 9.74. The summed E-state index contributed by atoms with van der Waals surface area (Å²) in [5.41, 5.74) is -0.936. The molecule has 1 aliphatic heterocycles. The van der Waals surface area contributed by atoms with E-state index in [9.17, 15) is 19.5 Å². The maximum Gasteiger partial charge on any atom is 0.407 e. The fourth-order valence-corrected chi connectivity index (χ4v) is 5.34. The number of rotatable bonds is 17. The van der Waals surface area contributed by atoms with Gasteiger partial charge in [-0.15, -0.1) is 0 Å². The van der Waals surface area contributed by atoms with Crippen LogP contribution in [0.5, 0.6) is 5.75 Å². The minimum absolute atomic E-state index is 0.0447. The van der Waals surface area contributed by atoms with E-state index in [-0.39, 0.29) is 36.1 Å². The van der Waals surface area contributed by atoms with E-state index < -0.39 is 29.3 Å². The van der Waals surface area contributed by atoms with Crippen LogP contribution in [0.25, 0.3) is 0 Å². The Kier molecular flexibility index (Phi) is 15.6. The minimum Gasteiger partial charge on any atom is -0.493 e. The maximum absolute atomic E-state index is 13.2. The topological polar surface area (TPSA) is 144 Å². The highest BCUT2D eigenvalue weighted by molar-refractivity contribution is 5.96. The molecule has 256 valence electrons. The molecule has 0 aliphatic carbocycles. The van der Waals surface area contributed by atoms with Crippen LogP contribution in [-0.2, 0) is 19.0 Å². The summed E-state index contributed by atoms with van der Waals surface area (Å²) in [7, 11) is 1.63. The molecule has 3 amide bonds. The molecular formula is C34H57N3O8. The van der Waals surface area contributed by atoms with Crippen molar-refractivity contribution in [3.63, 3.8) is 0 Å². The van der Waals surface area contributed by atoms with Crippen LogP contribution in [0.3, 0.4) is 0 Å². The van der Waals surface area contributed by atoms with Gasteiger partial charge in [0.2, 0.25) is 5.91 Å². The monoisotopic (exact) mass is 635 g/mol. The molecule has 1 aliphatic rings. The lowest BCUT2D eigenvalue weighted by Crippen LogP contribution is -2.53. The van der Waals surface area contributed by atoms with Gasteiger partial charge in [0.25, 0.3) is 5.91 Å². The SMILES string of the molecule is COCCCOc1ccccc1C(=O)NC[C@@H](C[C@H](NC(=O)OC(C)(C)C)[C@@H](O)CNC(=O)C(C)(C)C1CCOCC1)C(C)C. The lowest BCUT2D eigenvalue weighted by molar-refractivity contribution is -0.134. The van der Waals surface area contributed by atoms with E-state index in [1.54, 1.807) is 46.1 Å². The number of para-hydroxylation sites is 1. The molecule has 4 N–H and O–H groups in total. The van der Waals surface area contributed by atoms with Gasteiger partial charge in [-0.1, -0.05) is 39.8 Å². The Morgan fingerprint density at radius 1 is 1.00 bits per heavy atom. The number of carbonyl (C=O) groups is 3. The van der Waals surface area contributed by atoms with Gasteiger partial charge in [-0.05, 0) is 69.9 Å². The largest absolute Gasteiger partial charge is 0.493 e. The summed E-state index contributed by atoms with van der Waals surface area (Å²) >= 11 is 0. The molecule has 1 heterocycles. The predicted octanol–water partition coefficient (Wildman–Crippen LogP) is 4.32. The molecule has 11 nitrogen and oxygen atoms in total. The van der Waals surface area contributed by atoms with Gasteiger partial charge in [0.15, 0.2) is 0 Å². The third-order valence-corrected chi connectivity index (χ3v) is 8.37. The van der Waals surface area contributed by atoms with Crippen LogP contribution in [0.2, 0.25) is 0 Å². The number of nitrogens with one attached hydrogen (secondary N) is 3. The Bertz CT molecular complexity index is 1070. The Hall–Kier alpha value is -2.89. The van der Waals surface area contributed by atoms with Gasteiger partial charge < -0.3 is 40.0 Å². The first-order valence-corrected chi connectivity index (χ1v) is 16.2. The summed E-state index contributed by atoms with van der Waals surface area (Å²) in [5.74, 6) is 0.221. The van der Waals surface area contributed by atoms with Gasteiger partial charge in [-0.3, -0.25) is 9.59 Å². The highest BCUT2D eigenvalue weighted by atomic mass is 16.6. The normalized spacial score (nSPS) is 16.4. The summed E-state index contributed by atoms with van der Waals surface area (Å²) < 4.78 is 21.8. The maximum atomic E-state index is 13.2. The zero-order chi connectivity index (χ0) is 33.6. The van der Waals surface area contributed by atoms with Gasteiger partial charge in [0, 0.05) is 51.9 Å². The fourth-order valence-electron chi connectivity index (χ4n) is 5.34. The number of methoxy groups -OCH3 is 1. The van der Waals surface area contributed by atoms with Crippen LogP contribution in [0.15, 0.2) is 24.3 Å². The molecule has 45 heavy (non-hydrogen) atoms. The van der Waals surface area contributed by atoms with Crippen LogP contribution in [0.4, 0.5) is 4.79 Å². The average molecular weight is 636 g/mol. The van der Waals surface area contributed by atoms with E-state index in [0.717, 1.165) is 12.8 Å². The molecule has 0 radical (unpaired) electrons. The number of benzene rings is 1. The summed E-state index contributed by atoms with van der Waals surface area (Å²) in [6.07, 6.45) is 0.892. The van der Waals surface area contributed by atoms with Crippen molar-refractivity contribution in [3.8, 4) is 5.75 Å². The Morgan fingerprint density at radius 3 is 2.29 bits per heavy atom. The molecule has 1 saturated heterocycles. The first-order valence-electron chi connectivity index (χ1n) is 16.2. The number of ether oxygens (including phenoxy) is 4. The summed E-state index contributed by atoms with van der Waals surface area (Å²) in [5, 5.41) is 20.1. The number of aliphatic hydroxyl groups is 1. The van der Waals surface area contributed by atoms with Gasteiger partial charge in [-0.2, -0.15) is 0 Å². The molecule has 11 heteroatoms. The van der Waals surface area contributed by atoms with Crippen molar-refractivity contribution < 1.29 is 38.4 Å². The standard InChI is InChI=1S/C34H57N3O8/c1-23(2)24(21-35-30(39)26-12-9-10-13-29(26)44-17-11-16-42-8)20-27(37-32(41)45-33(3,4)5)28(38)22-36-31(40)34(6,7)25-14-18-43-19-15-25/h9-10,12-13,23-25,27-28,38H,11,14-22H2,1-8H3,(H,35,39)(H,36,40)(H,37,41)/t24-,27+,28+/m1/s1. The zero-order valence-corrected chi connectivity index (χ0v) is 28.6. The Balaban J connectivity index is 2.11. The van der Waals surface area contributed by atoms with Crippen molar-refractivity contribution >= 4 is 17.9 Å². The van der Waals surface area contributed by atoms with Crippen molar-refractivity contribution in [2.45, 2.75) is 91.9 Å². The summed E-state index contributed by atoms with van der Waals surface area (Å²) in [4.78, 5) is 39.3. The molecule has 0 spiro atoms. The predicted molar refractivity (Wildman–Crippen MR) is 173 cm³/mol. The van der Waals surface area contributed by atoms with E-state index in [1.807, 2.05) is 33.8 Å². The number of alkyl carbamates (subject to hydrolysis) is 1. The molecule has 0 aromatic heterocycles. The molecule has 1 aromatic carbocycles. The fraction of sp³-hybridized carbons (Fsp3) is 0.735. The quantitative estimate of drug-likeness (QED) is 0.185. The van der Waals surface area contributed by atoms with Crippen LogP contribution >= 0.6 is 0 Å². The van der Waals surface area contributed by atoms with Crippen molar-refractivity contribution in [3.05, 3.63) is 29.8 Å². The van der Waals surface area contributed by atoms with E-state index in [0.29, 0.717) is 57.1 Å². The first-order chi connectivity index (χ1) is 21.2. The second-order valence-electron chi connectivity index (χ2n) is 13.8. The molecule has 0 unspecified atom stereocenters. The highest BCUT2D eigenvalue weighted by Gasteiger charge is 2.38. The lowest BCUT2D eigenvalue weighted by Gasteiger charge is -2.36. The third-order valence-electron chi connectivity index (χ3n) is 8.37. The van der Waals surface area contributed by atoms with Crippen LogP contribution in [0.1, 0.15) is 84.5 Å². The third kappa shape index (κ3) is 13.2. The smallest absolute Gasteiger partial charge is 0.407 e. The molecule has 2 rings (SSSR count). The van der Waals surface area contributed by atoms with Crippen LogP contribution in [-0.4, -0.2) is 87.4 Å². The second-order valence-corrected chi connectivity index (χ2v) is 13.8. The van der Waals surface area contributed by atoms with Gasteiger partial charge in [-0.25, -0.2) is 4.79 Å². The van der Waals surface area contributed by atoms with Crippen molar-refractivity contribution in [2.24, 2.45) is 23.2 Å². The summed E-state index contributed by atoms with van der Waals surface area (Å²) in [6, 6.07) is 6.33.